The Balaban J connectivity index is 1.76. The van der Waals surface area contributed by atoms with Crippen LogP contribution in [0.15, 0.2) is 59.7 Å². The van der Waals surface area contributed by atoms with Gasteiger partial charge >= 0.3 is 6.18 Å². The number of aromatic nitrogens is 2. The molecule has 1 aromatic heterocycles. The number of nitrogens with zero attached hydrogens (tertiary/aromatic N) is 3. The van der Waals surface area contributed by atoms with E-state index in [2.05, 4.69) is 25.8 Å². The van der Waals surface area contributed by atoms with Crippen LogP contribution in [0.5, 0.6) is 0 Å². The lowest BCUT2D eigenvalue weighted by Crippen LogP contribution is -2.42. The lowest BCUT2D eigenvalue weighted by atomic mass is 9.93. The zero-order valence-electron chi connectivity index (χ0n) is 14.9. The number of hydrogen-bond acceptors (Lipinski definition) is 6. The SMILES string of the molecule is CC(C)(NC(=O)C1=CONC(c2ncccn2)=N1)c1ccc(C(F)(F)F)cc1. The zero-order chi connectivity index (χ0) is 20.4. The van der Waals surface area contributed by atoms with Crippen molar-refractivity contribution in [2.75, 3.05) is 0 Å². The van der Waals surface area contributed by atoms with Gasteiger partial charge in [0.1, 0.15) is 0 Å². The van der Waals surface area contributed by atoms with Crippen molar-refractivity contribution < 1.29 is 22.8 Å². The Hall–Kier alpha value is -3.43. The second kappa shape index (κ2) is 7.29. The number of amides is 1. The Morgan fingerprint density at radius 1 is 1.07 bits per heavy atom. The van der Waals surface area contributed by atoms with E-state index in [4.69, 9.17) is 4.84 Å². The van der Waals surface area contributed by atoms with Crippen LogP contribution in [0.25, 0.3) is 0 Å². The number of hydroxylamine groups is 1. The largest absolute Gasteiger partial charge is 0.416 e. The second-order valence-corrected chi connectivity index (χ2v) is 6.41. The van der Waals surface area contributed by atoms with Gasteiger partial charge in [-0.3, -0.25) is 4.79 Å². The molecule has 0 spiro atoms. The fourth-order valence-corrected chi connectivity index (χ4v) is 2.43. The summed E-state index contributed by atoms with van der Waals surface area (Å²) in [6.07, 6.45) is -0.283. The lowest BCUT2D eigenvalue weighted by Gasteiger charge is -2.27. The number of amidine groups is 1. The first-order chi connectivity index (χ1) is 13.2. The molecule has 2 heterocycles. The third-order valence-corrected chi connectivity index (χ3v) is 3.93. The number of nitrogens with one attached hydrogen (secondary N) is 2. The Bertz CT molecular complexity index is 922. The third-order valence-electron chi connectivity index (χ3n) is 3.93. The average molecular weight is 391 g/mol. The summed E-state index contributed by atoms with van der Waals surface area (Å²) in [5.41, 5.74) is 1.24. The predicted molar refractivity (Wildman–Crippen MR) is 93.5 cm³/mol. The van der Waals surface area contributed by atoms with Crippen LogP contribution in [-0.2, 0) is 21.3 Å². The lowest BCUT2D eigenvalue weighted by molar-refractivity contribution is -0.137. The molecule has 7 nitrogen and oxygen atoms in total. The molecule has 2 N–H and O–H groups in total. The highest BCUT2D eigenvalue weighted by atomic mass is 19.4. The highest BCUT2D eigenvalue weighted by molar-refractivity contribution is 6.02. The highest BCUT2D eigenvalue weighted by Crippen LogP contribution is 2.31. The smallest absolute Gasteiger partial charge is 0.386 e. The van der Waals surface area contributed by atoms with Crippen LogP contribution in [-0.4, -0.2) is 21.7 Å². The van der Waals surface area contributed by atoms with Crippen molar-refractivity contribution in [1.82, 2.24) is 20.8 Å². The first kappa shape index (κ1) is 19.3. The molecule has 10 heteroatoms. The van der Waals surface area contributed by atoms with Crippen molar-refractivity contribution in [3.05, 3.63) is 71.6 Å². The molecular weight excluding hydrogens is 375 g/mol. The molecule has 2 aromatic rings. The molecule has 3 rings (SSSR count). The number of alkyl halides is 3. The molecule has 1 amide bonds. The van der Waals surface area contributed by atoms with Gasteiger partial charge in [-0.05, 0) is 37.6 Å². The Kier molecular flexibility index (Phi) is 5.04. The van der Waals surface area contributed by atoms with Crippen molar-refractivity contribution in [3.8, 4) is 0 Å². The molecule has 28 heavy (non-hydrogen) atoms. The summed E-state index contributed by atoms with van der Waals surface area (Å²) < 4.78 is 38.2. The number of benzene rings is 1. The van der Waals surface area contributed by atoms with E-state index in [0.717, 1.165) is 18.4 Å². The minimum absolute atomic E-state index is 0.0406. The van der Waals surface area contributed by atoms with Crippen LogP contribution in [0.3, 0.4) is 0 Å². The number of carbonyl (C=O) groups is 1. The molecule has 0 fully saturated rings. The number of rotatable bonds is 4. The van der Waals surface area contributed by atoms with Gasteiger partial charge in [-0.15, -0.1) is 0 Å². The summed E-state index contributed by atoms with van der Waals surface area (Å²) in [6.45, 7) is 3.34. The summed E-state index contributed by atoms with van der Waals surface area (Å²) in [4.78, 5) is 29.8. The van der Waals surface area contributed by atoms with Gasteiger partial charge in [0.05, 0.1) is 11.1 Å². The van der Waals surface area contributed by atoms with Gasteiger partial charge in [0.2, 0.25) is 5.84 Å². The maximum Gasteiger partial charge on any atom is 0.416 e. The minimum atomic E-state index is -4.42. The highest BCUT2D eigenvalue weighted by Gasteiger charge is 2.32. The fourth-order valence-electron chi connectivity index (χ4n) is 2.43. The molecule has 1 aliphatic rings. The normalized spacial score (nSPS) is 14.3. The Morgan fingerprint density at radius 3 is 2.29 bits per heavy atom. The quantitative estimate of drug-likeness (QED) is 0.837. The van der Waals surface area contributed by atoms with Crippen molar-refractivity contribution in [2.45, 2.75) is 25.6 Å². The van der Waals surface area contributed by atoms with Crippen LogP contribution in [0.2, 0.25) is 0 Å². The molecule has 1 aromatic carbocycles. The summed E-state index contributed by atoms with van der Waals surface area (Å²) >= 11 is 0. The molecule has 0 radical (unpaired) electrons. The second-order valence-electron chi connectivity index (χ2n) is 6.41. The Labute approximate surface area is 158 Å². The topological polar surface area (TPSA) is 88.5 Å². The van der Waals surface area contributed by atoms with Crippen LogP contribution in [0, 0.1) is 0 Å². The average Bonchev–Trinajstić information content (AvgIpc) is 2.68. The summed E-state index contributed by atoms with van der Waals surface area (Å²) in [5, 5.41) is 2.73. The van der Waals surface area contributed by atoms with E-state index in [1.54, 1.807) is 19.9 Å². The number of halogens is 3. The van der Waals surface area contributed by atoms with E-state index in [0.29, 0.717) is 5.56 Å². The van der Waals surface area contributed by atoms with Crippen molar-refractivity contribution in [1.29, 1.82) is 0 Å². The van der Waals surface area contributed by atoms with Gasteiger partial charge in [-0.2, -0.15) is 13.2 Å². The van der Waals surface area contributed by atoms with E-state index in [1.807, 2.05) is 0 Å². The van der Waals surface area contributed by atoms with Crippen LogP contribution in [0.1, 0.15) is 30.8 Å². The zero-order valence-corrected chi connectivity index (χ0v) is 14.9. The first-order valence-corrected chi connectivity index (χ1v) is 8.15. The molecule has 0 saturated carbocycles. The van der Waals surface area contributed by atoms with E-state index in [1.165, 1.54) is 24.5 Å². The summed E-state index contributed by atoms with van der Waals surface area (Å²) in [7, 11) is 0. The van der Waals surface area contributed by atoms with E-state index in [-0.39, 0.29) is 17.4 Å². The fraction of sp³-hybridized carbons (Fsp3) is 0.222. The van der Waals surface area contributed by atoms with Crippen LogP contribution < -0.4 is 10.8 Å². The van der Waals surface area contributed by atoms with Crippen molar-refractivity contribution in [3.63, 3.8) is 0 Å². The van der Waals surface area contributed by atoms with Crippen LogP contribution >= 0.6 is 0 Å². The van der Waals surface area contributed by atoms with Crippen LogP contribution in [0.4, 0.5) is 13.2 Å². The molecule has 0 bridgehead atoms. The minimum Gasteiger partial charge on any atom is -0.386 e. The molecule has 1 aliphatic heterocycles. The number of carbonyl (C=O) groups excluding carboxylic acids is 1. The predicted octanol–water partition coefficient (Wildman–Crippen LogP) is 2.67. The molecule has 0 unspecified atom stereocenters. The van der Waals surface area contributed by atoms with E-state index >= 15 is 0 Å². The molecule has 0 saturated heterocycles. The van der Waals surface area contributed by atoms with Gasteiger partial charge in [0.15, 0.2) is 17.8 Å². The maximum atomic E-state index is 12.7. The standard InChI is InChI=1S/C18H16F3N5O2/c1-17(2,11-4-6-12(7-5-11)18(19,20)21)25-16(27)13-10-28-26-15(24-13)14-22-8-3-9-23-14/h3-10H,1-2H3,(H,24,26)(H,25,27). The van der Waals surface area contributed by atoms with Crippen molar-refractivity contribution >= 4 is 11.7 Å². The van der Waals surface area contributed by atoms with Gasteiger partial charge in [0, 0.05) is 12.4 Å². The van der Waals surface area contributed by atoms with Gasteiger partial charge < -0.3 is 10.2 Å². The van der Waals surface area contributed by atoms with Gasteiger partial charge in [-0.1, -0.05) is 12.1 Å². The Morgan fingerprint density at radius 2 is 1.68 bits per heavy atom. The maximum absolute atomic E-state index is 12.7. The van der Waals surface area contributed by atoms with Crippen molar-refractivity contribution in [2.24, 2.45) is 4.99 Å². The first-order valence-electron chi connectivity index (χ1n) is 8.15. The van der Waals surface area contributed by atoms with E-state index < -0.39 is 23.2 Å². The van der Waals surface area contributed by atoms with Gasteiger partial charge in [0.25, 0.3) is 5.91 Å². The van der Waals surface area contributed by atoms with Gasteiger partial charge in [-0.25, -0.2) is 20.4 Å². The number of aliphatic imine (C=N–C) groups is 1. The molecule has 146 valence electrons. The molecule has 0 atom stereocenters. The monoisotopic (exact) mass is 391 g/mol. The third kappa shape index (κ3) is 4.27. The van der Waals surface area contributed by atoms with E-state index in [9.17, 15) is 18.0 Å². The molecule has 0 aliphatic carbocycles. The summed E-state index contributed by atoms with van der Waals surface area (Å²) in [6, 6.07) is 6.22. The molecular formula is C18H16F3N5O2. The summed E-state index contributed by atoms with van der Waals surface area (Å²) in [5.74, 6) is -0.177. The number of hydrogen-bond donors (Lipinski definition) is 2.